The second-order valence-electron chi connectivity index (χ2n) is 7.43. The Morgan fingerprint density at radius 2 is 2.11 bits per heavy atom. The highest BCUT2D eigenvalue weighted by Gasteiger charge is 2.29. The highest BCUT2D eigenvalue weighted by atomic mass is 35.5. The van der Waals surface area contributed by atoms with Crippen molar-refractivity contribution < 1.29 is 9.18 Å². The van der Waals surface area contributed by atoms with Gasteiger partial charge in [0.25, 0.3) is 5.91 Å². The Bertz CT molecular complexity index is 803. The molecule has 154 valence electrons. The third kappa shape index (κ3) is 4.85. The summed E-state index contributed by atoms with van der Waals surface area (Å²) in [6.07, 6.45) is 4.64. The molecule has 1 N–H and O–H groups in total. The van der Waals surface area contributed by atoms with Crippen molar-refractivity contribution in [3.63, 3.8) is 0 Å². The van der Waals surface area contributed by atoms with Gasteiger partial charge in [0.2, 0.25) is 0 Å². The molecule has 0 spiro atoms. The molecular weight excluding hydrogens is 402 g/mol. The first-order chi connectivity index (χ1) is 12.6. The first-order valence-corrected chi connectivity index (χ1v) is 9.41. The van der Waals surface area contributed by atoms with Gasteiger partial charge in [-0.1, -0.05) is 12.1 Å². The van der Waals surface area contributed by atoms with E-state index in [1.54, 1.807) is 6.92 Å². The number of benzene rings is 1. The molecule has 8 heteroatoms. The van der Waals surface area contributed by atoms with Gasteiger partial charge in [0.1, 0.15) is 17.3 Å². The maximum Gasteiger partial charge on any atom is 0.274 e. The number of hydrogen-bond acceptors (Lipinski definition) is 3. The predicted molar refractivity (Wildman–Crippen MR) is 112 cm³/mol. The van der Waals surface area contributed by atoms with E-state index in [1.807, 2.05) is 23.2 Å². The first kappa shape index (κ1) is 22.7. The van der Waals surface area contributed by atoms with E-state index in [0.717, 1.165) is 63.4 Å². The molecule has 2 aromatic rings. The SMILES string of the molecule is Cc1cc(CC2CCN(C(=O)c3cn4c(n3)CCNCC4)C2)ccc1F.Cl.Cl. The van der Waals surface area contributed by atoms with Crippen LogP contribution in [0.3, 0.4) is 0 Å². The molecule has 1 aromatic heterocycles. The molecule has 28 heavy (non-hydrogen) atoms. The van der Waals surface area contributed by atoms with Crippen molar-refractivity contribution in [1.82, 2.24) is 19.8 Å². The van der Waals surface area contributed by atoms with Crippen LogP contribution in [0.25, 0.3) is 0 Å². The summed E-state index contributed by atoms with van der Waals surface area (Å²) in [5.41, 5.74) is 2.40. The Hall–Kier alpha value is -1.63. The largest absolute Gasteiger partial charge is 0.337 e. The van der Waals surface area contributed by atoms with Gasteiger partial charge in [0.05, 0.1) is 0 Å². The van der Waals surface area contributed by atoms with Crippen LogP contribution in [0.1, 0.15) is 33.9 Å². The number of aromatic nitrogens is 2. The summed E-state index contributed by atoms with van der Waals surface area (Å²) in [4.78, 5) is 19.3. The number of carbonyl (C=O) groups is 1. The summed E-state index contributed by atoms with van der Waals surface area (Å²) in [5, 5.41) is 3.34. The molecule has 1 aromatic carbocycles. The minimum Gasteiger partial charge on any atom is -0.337 e. The number of hydrogen-bond donors (Lipinski definition) is 1. The number of likely N-dealkylation sites (tertiary alicyclic amines) is 1. The third-order valence-corrected chi connectivity index (χ3v) is 5.45. The second-order valence-corrected chi connectivity index (χ2v) is 7.43. The van der Waals surface area contributed by atoms with Crippen LogP contribution in [0.5, 0.6) is 0 Å². The molecule has 5 nitrogen and oxygen atoms in total. The van der Waals surface area contributed by atoms with Gasteiger partial charge >= 0.3 is 0 Å². The molecule has 2 aliphatic rings. The van der Waals surface area contributed by atoms with Gasteiger partial charge in [0.15, 0.2) is 0 Å². The molecule has 0 bridgehead atoms. The maximum absolute atomic E-state index is 13.4. The lowest BCUT2D eigenvalue weighted by Gasteiger charge is -2.15. The van der Waals surface area contributed by atoms with Crippen molar-refractivity contribution in [3.05, 3.63) is 52.9 Å². The molecular formula is C20H27Cl2FN4O. The Kier molecular flexibility index (Phi) is 7.87. The quantitative estimate of drug-likeness (QED) is 0.816. The number of imidazole rings is 1. The number of nitrogens with one attached hydrogen (secondary N) is 1. The third-order valence-electron chi connectivity index (χ3n) is 5.45. The zero-order valence-corrected chi connectivity index (χ0v) is 17.6. The van der Waals surface area contributed by atoms with Crippen LogP contribution in [-0.2, 0) is 19.4 Å². The molecule has 0 aliphatic carbocycles. The van der Waals surface area contributed by atoms with E-state index in [2.05, 4.69) is 14.9 Å². The summed E-state index contributed by atoms with van der Waals surface area (Å²) in [6.45, 7) is 6.00. The van der Waals surface area contributed by atoms with Gasteiger partial charge in [-0.2, -0.15) is 0 Å². The van der Waals surface area contributed by atoms with E-state index in [1.165, 1.54) is 6.07 Å². The minimum absolute atomic E-state index is 0. The van der Waals surface area contributed by atoms with E-state index < -0.39 is 0 Å². The monoisotopic (exact) mass is 428 g/mol. The molecule has 4 rings (SSSR count). The Labute approximate surface area is 177 Å². The molecule has 3 heterocycles. The zero-order valence-electron chi connectivity index (χ0n) is 16.0. The van der Waals surface area contributed by atoms with Gasteiger partial charge in [-0.05, 0) is 42.9 Å². The second kappa shape index (κ2) is 9.72. The maximum atomic E-state index is 13.4. The van der Waals surface area contributed by atoms with Crippen LogP contribution in [0.15, 0.2) is 24.4 Å². The van der Waals surface area contributed by atoms with Crippen molar-refractivity contribution >= 4 is 30.7 Å². The van der Waals surface area contributed by atoms with Gasteiger partial charge < -0.3 is 14.8 Å². The van der Waals surface area contributed by atoms with Crippen LogP contribution in [-0.4, -0.2) is 46.5 Å². The van der Waals surface area contributed by atoms with Gasteiger partial charge in [-0.15, -0.1) is 24.8 Å². The molecule has 1 amide bonds. The minimum atomic E-state index is -0.160. The Balaban J connectivity index is 0.00000140. The smallest absolute Gasteiger partial charge is 0.274 e. The molecule has 1 fully saturated rings. The number of halogens is 3. The van der Waals surface area contributed by atoms with Crippen LogP contribution >= 0.6 is 24.8 Å². The molecule has 1 unspecified atom stereocenters. The van der Waals surface area contributed by atoms with Crippen LogP contribution < -0.4 is 5.32 Å². The van der Waals surface area contributed by atoms with Crippen molar-refractivity contribution in [1.29, 1.82) is 0 Å². The molecule has 1 atom stereocenters. The average Bonchev–Trinajstić information content (AvgIpc) is 3.20. The number of nitrogens with zero attached hydrogens (tertiary/aromatic N) is 3. The van der Waals surface area contributed by atoms with Gasteiger partial charge in [-0.25, -0.2) is 9.37 Å². The van der Waals surface area contributed by atoms with E-state index in [-0.39, 0.29) is 36.5 Å². The van der Waals surface area contributed by atoms with E-state index in [4.69, 9.17) is 0 Å². The number of carbonyl (C=O) groups excluding carboxylic acids is 1. The Morgan fingerprint density at radius 1 is 1.29 bits per heavy atom. The first-order valence-electron chi connectivity index (χ1n) is 9.41. The van der Waals surface area contributed by atoms with Crippen LogP contribution in [0.2, 0.25) is 0 Å². The van der Waals surface area contributed by atoms with E-state index in [9.17, 15) is 9.18 Å². The summed E-state index contributed by atoms with van der Waals surface area (Å²) < 4.78 is 15.5. The molecule has 1 saturated heterocycles. The fourth-order valence-electron chi connectivity index (χ4n) is 3.99. The fourth-order valence-corrected chi connectivity index (χ4v) is 3.99. The predicted octanol–water partition coefficient (Wildman–Crippen LogP) is 3.02. The normalized spacial score (nSPS) is 18.6. The number of aryl methyl sites for hydroxylation is 1. The summed E-state index contributed by atoms with van der Waals surface area (Å²) >= 11 is 0. The van der Waals surface area contributed by atoms with Crippen molar-refractivity contribution in [2.45, 2.75) is 32.7 Å². The zero-order chi connectivity index (χ0) is 18.1. The number of amides is 1. The standard InChI is InChI=1S/C20H25FN4O.2ClH/c1-14-10-15(2-3-17(14)21)11-16-5-8-25(12-16)20(26)18-13-24-9-7-22-6-4-19(24)23-18;;/h2-3,10,13,16,22H,4-9,11-12H2,1H3;2*1H. The van der Waals surface area contributed by atoms with Gasteiger partial charge in [0, 0.05) is 45.3 Å². The van der Waals surface area contributed by atoms with E-state index >= 15 is 0 Å². The Morgan fingerprint density at radius 3 is 2.89 bits per heavy atom. The van der Waals surface area contributed by atoms with Crippen LogP contribution in [0, 0.1) is 18.7 Å². The topological polar surface area (TPSA) is 50.2 Å². The molecule has 0 radical (unpaired) electrons. The van der Waals surface area contributed by atoms with Gasteiger partial charge in [-0.3, -0.25) is 4.79 Å². The highest BCUT2D eigenvalue weighted by molar-refractivity contribution is 5.92. The average molecular weight is 429 g/mol. The molecule has 2 aliphatic heterocycles. The fraction of sp³-hybridized carbons (Fsp3) is 0.500. The van der Waals surface area contributed by atoms with Crippen molar-refractivity contribution in [2.75, 3.05) is 26.2 Å². The highest BCUT2D eigenvalue weighted by Crippen LogP contribution is 2.23. The lowest BCUT2D eigenvalue weighted by Crippen LogP contribution is -2.29. The van der Waals surface area contributed by atoms with Crippen molar-refractivity contribution in [3.8, 4) is 0 Å². The number of fused-ring (bicyclic) bond motifs is 1. The number of rotatable bonds is 3. The lowest BCUT2D eigenvalue weighted by atomic mass is 9.97. The van der Waals surface area contributed by atoms with E-state index in [0.29, 0.717) is 17.2 Å². The van der Waals surface area contributed by atoms with Crippen LogP contribution in [0.4, 0.5) is 4.39 Å². The summed E-state index contributed by atoms with van der Waals surface area (Å²) in [7, 11) is 0. The van der Waals surface area contributed by atoms with Crippen molar-refractivity contribution in [2.24, 2.45) is 5.92 Å². The molecule has 0 saturated carbocycles. The summed E-state index contributed by atoms with van der Waals surface area (Å²) in [6, 6.07) is 5.31. The lowest BCUT2D eigenvalue weighted by molar-refractivity contribution is 0.0781. The summed E-state index contributed by atoms with van der Waals surface area (Å²) in [5.74, 6) is 1.30.